The Morgan fingerprint density at radius 2 is 2.27 bits per heavy atom. The number of pyridine rings is 1. The lowest BCUT2D eigenvalue weighted by atomic mass is 10.2. The van der Waals surface area contributed by atoms with Gasteiger partial charge in [-0.2, -0.15) is 0 Å². The molecule has 0 fully saturated rings. The largest absolute Gasteiger partial charge is 0.388 e. The third-order valence-electron chi connectivity index (χ3n) is 1.30. The summed E-state index contributed by atoms with van der Waals surface area (Å²) >= 11 is 8.04. The number of nitrogens with two attached hydrogens (primary N) is 1. The van der Waals surface area contributed by atoms with Crippen molar-refractivity contribution in [2.45, 2.75) is 6.92 Å². The average Bonchev–Trinajstić information content (AvgIpc) is 1.94. The van der Waals surface area contributed by atoms with Crippen molar-refractivity contribution in [3.8, 4) is 0 Å². The van der Waals surface area contributed by atoms with Crippen LogP contribution in [0.2, 0.25) is 0 Å². The van der Waals surface area contributed by atoms with Gasteiger partial charge in [0.1, 0.15) is 15.3 Å². The van der Waals surface area contributed by atoms with Crippen molar-refractivity contribution in [1.29, 1.82) is 0 Å². The zero-order valence-electron chi connectivity index (χ0n) is 5.97. The Balaban J connectivity index is 3.23. The van der Waals surface area contributed by atoms with Gasteiger partial charge in [-0.15, -0.1) is 0 Å². The van der Waals surface area contributed by atoms with Gasteiger partial charge in [0.05, 0.1) is 0 Å². The van der Waals surface area contributed by atoms with Crippen LogP contribution in [0.4, 0.5) is 0 Å². The number of rotatable bonds is 1. The molecule has 1 heterocycles. The number of aromatic nitrogens is 1. The minimum Gasteiger partial charge on any atom is -0.388 e. The lowest BCUT2D eigenvalue weighted by Gasteiger charge is -2.01. The molecule has 0 aliphatic rings. The predicted molar refractivity (Wildman–Crippen MR) is 52.6 cm³/mol. The maximum absolute atomic E-state index is 5.43. The van der Waals surface area contributed by atoms with Gasteiger partial charge >= 0.3 is 0 Å². The molecular formula is C7H7BrN2S. The van der Waals surface area contributed by atoms with E-state index < -0.39 is 0 Å². The van der Waals surface area contributed by atoms with E-state index in [4.69, 9.17) is 18.0 Å². The van der Waals surface area contributed by atoms with Crippen LogP contribution in [0, 0.1) is 6.92 Å². The molecule has 0 saturated carbocycles. The molecule has 2 N–H and O–H groups in total. The van der Waals surface area contributed by atoms with Crippen LogP contribution >= 0.6 is 28.1 Å². The van der Waals surface area contributed by atoms with Crippen molar-refractivity contribution in [3.05, 3.63) is 28.0 Å². The van der Waals surface area contributed by atoms with E-state index in [0.29, 0.717) is 10.7 Å². The number of nitrogens with zero attached hydrogens (tertiary/aromatic N) is 1. The van der Waals surface area contributed by atoms with Crippen LogP contribution in [0.15, 0.2) is 16.7 Å². The van der Waals surface area contributed by atoms with Gasteiger partial charge in [-0.05, 0) is 34.5 Å². The molecule has 0 saturated heterocycles. The second kappa shape index (κ2) is 3.28. The molecule has 0 spiro atoms. The number of hydrogen-bond acceptors (Lipinski definition) is 2. The number of hydrogen-bond donors (Lipinski definition) is 1. The molecule has 11 heavy (non-hydrogen) atoms. The summed E-state index contributed by atoms with van der Waals surface area (Å²) in [6, 6.07) is 3.78. The van der Waals surface area contributed by atoms with E-state index in [0.717, 1.165) is 10.2 Å². The monoisotopic (exact) mass is 230 g/mol. The molecule has 0 aliphatic heterocycles. The minimum absolute atomic E-state index is 0.337. The Morgan fingerprint density at radius 1 is 1.64 bits per heavy atom. The summed E-state index contributed by atoms with van der Waals surface area (Å²) in [6.07, 6.45) is 0. The number of aryl methyl sites for hydroxylation is 1. The lowest BCUT2D eigenvalue weighted by Crippen LogP contribution is -2.13. The van der Waals surface area contributed by atoms with E-state index >= 15 is 0 Å². The van der Waals surface area contributed by atoms with Crippen molar-refractivity contribution in [1.82, 2.24) is 4.98 Å². The molecule has 4 heteroatoms. The van der Waals surface area contributed by atoms with Crippen LogP contribution in [-0.4, -0.2) is 9.97 Å². The first-order valence-electron chi connectivity index (χ1n) is 3.04. The summed E-state index contributed by atoms with van der Waals surface area (Å²) in [5.41, 5.74) is 7.12. The highest BCUT2D eigenvalue weighted by molar-refractivity contribution is 9.10. The highest BCUT2D eigenvalue weighted by Crippen LogP contribution is 2.10. The second-order valence-corrected chi connectivity index (χ2v) is 3.42. The molecule has 0 bridgehead atoms. The molecule has 0 aromatic carbocycles. The maximum Gasteiger partial charge on any atom is 0.123 e. The van der Waals surface area contributed by atoms with Gasteiger partial charge in [0, 0.05) is 0 Å². The van der Waals surface area contributed by atoms with Gasteiger partial charge in [0.15, 0.2) is 0 Å². The Hall–Kier alpha value is -0.480. The number of halogens is 1. The van der Waals surface area contributed by atoms with Gasteiger partial charge in [0.25, 0.3) is 0 Å². The second-order valence-electron chi connectivity index (χ2n) is 2.16. The fourth-order valence-corrected chi connectivity index (χ4v) is 1.27. The first-order valence-corrected chi connectivity index (χ1v) is 4.24. The Kier molecular flexibility index (Phi) is 2.57. The van der Waals surface area contributed by atoms with Gasteiger partial charge in [0.2, 0.25) is 0 Å². The first-order chi connectivity index (χ1) is 5.11. The summed E-state index contributed by atoms with van der Waals surface area (Å²) in [6.45, 7) is 1.92. The maximum atomic E-state index is 5.43. The van der Waals surface area contributed by atoms with Crippen molar-refractivity contribution in [2.24, 2.45) is 5.73 Å². The van der Waals surface area contributed by atoms with E-state index in [-0.39, 0.29) is 0 Å². The van der Waals surface area contributed by atoms with E-state index in [1.807, 2.05) is 19.1 Å². The van der Waals surface area contributed by atoms with Gasteiger partial charge < -0.3 is 5.73 Å². The summed E-state index contributed by atoms with van der Waals surface area (Å²) < 4.78 is 0.755. The van der Waals surface area contributed by atoms with Crippen LogP contribution in [0.3, 0.4) is 0 Å². The highest BCUT2D eigenvalue weighted by Gasteiger charge is 2.02. The van der Waals surface area contributed by atoms with Gasteiger partial charge in [-0.1, -0.05) is 18.3 Å². The van der Waals surface area contributed by atoms with Crippen LogP contribution in [0.1, 0.15) is 11.3 Å². The fourth-order valence-electron chi connectivity index (χ4n) is 0.754. The predicted octanol–water partition coefficient (Wildman–Crippen LogP) is 1.79. The normalized spacial score (nSPS) is 9.64. The van der Waals surface area contributed by atoms with E-state index in [1.165, 1.54) is 0 Å². The smallest absolute Gasteiger partial charge is 0.123 e. The summed E-state index contributed by atoms with van der Waals surface area (Å²) in [4.78, 5) is 4.46. The Morgan fingerprint density at radius 3 is 2.73 bits per heavy atom. The molecular weight excluding hydrogens is 224 g/mol. The lowest BCUT2D eigenvalue weighted by molar-refractivity contribution is 1.20. The third-order valence-corrected chi connectivity index (χ3v) is 1.93. The molecule has 2 nitrogen and oxygen atoms in total. The van der Waals surface area contributed by atoms with Crippen molar-refractivity contribution < 1.29 is 0 Å². The number of thiocarbonyl (C=S) groups is 1. The third kappa shape index (κ3) is 1.97. The molecule has 0 unspecified atom stereocenters. The van der Waals surface area contributed by atoms with Gasteiger partial charge in [-0.25, -0.2) is 4.98 Å². The van der Waals surface area contributed by atoms with E-state index in [2.05, 4.69) is 20.9 Å². The van der Waals surface area contributed by atoms with Crippen LogP contribution < -0.4 is 5.73 Å². The summed E-state index contributed by atoms with van der Waals surface area (Å²) in [7, 11) is 0. The molecule has 0 atom stereocenters. The SMILES string of the molecule is Cc1ccc(Br)nc1C(N)=S. The van der Waals surface area contributed by atoms with Crippen molar-refractivity contribution >= 4 is 33.1 Å². The van der Waals surface area contributed by atoms with Crippen molar-refractivity contribution in [3.63, 3.8) is 0 Å². The van der Waals surface area contributed by atoms with Gasteiger partial charge in [-0.3, -0.25) is 0 Å². The highest BCUT2D eigenvalue weighted by atomic mass is 79.9. The minimum atomic E-state index is 0.337. The summed E-state index contributed by atoms with van der Waals surface area (Å²) in [5, 5.41) is 0. The zero-order valence-corrected chi connectivity index (χ0v) is 8.37. The molecule has 58 valence electrons. The molecule has 0 aliphatic carbocycles. The molecule has 0 amide bonds. The fraction of sp³-hybridized carbons (Fsp3) is 0.143. The Bertz CT molecular complexity index is 298. The zero-order chi connectivity index (χ0) is 8.43. The molecule has 1 aromatic rings. The van der Waals surface area contributed by atoms with Crippen molar-refractivity contribution in [2.75, 3.05) is 0 Å². The molecule has 1 rings (SSSR count). The average molecular weight is 231 g/mol. The van der Waals surface area contributed by atoms with Crippen LogP contribution in [0.25, 0.3) is 0 Å². The van der Waals surface area contributed by atoms with E-state index in [1.54, 1.807) is 0 Å². The van der Waals surface area contributed by atoms with Crippen LogP contribution in [-0.2, 0) is 0 Å². The van der Waals surface area contributed by atoms with E-state index in [9.17, 15) is 0 Å². The summed E-state index contributed by atoms with van der Waals surface area (Å²) in [5.74, 6) is 0. The topological polar surface area (TPSA) is 38.9 Å². The van der Waals surface area contributed by atoms with Crippen LogP contribution in [0.5, 0.6) is 0 Å². The first kappa shape index (κ1) is 8.62. The quantitative estimate of drug-likeness (QED) is 0.591. The Labute approximate surface area is 78.9 Å². The standard InChI is InChI=1S/C7H7BrN2S/c1-4-2-3-5(8)10-6(4)7(9)11/h2-3H,1H3,(H2,9,11). The molecule has 1 aromatic heterocycles. The molecule has 0 radical (unpaired) electrons.